The zero-order valence-corrected chi connectivity index (χ0v) is 15.4. The normalized spacial score (nSPS) is 29.8. The van der Waals surface area contributed by atoms with Crippen LogP contribution in [0.15, 0.2) is 6.07 Å². The molecule has 2 bridgehead atoms. The lowest BCUT2D eigenvalue weighted by Crippen LogP contribution is -2.56. The second-order valence-electron chi connectivity index (χ2n) is 7.85. The number of nitrogens with zero attached hydrogens (tertiary/aromatic N) is 4. The van der Waals surface area contributed by atoms with E-state index in [0.717, 1.165) is 18.9 Å². The number of carbonyl (C=O) groups is 1. The highest BCUT2D eigenvalue weighted by atomic mass is 19.4. The molecule has 3 saturated heterocycles. The number of methoxy groups -OCH3 is 1. The minimum atomic E-state index is -4.51. The van der Waals surface area contributed by atoms with Crippen LogP contribution >= 0.6 is 0 Å². The number of halogens is 3. The number of aromatic nitrogens is 2. The third kappa shape index (κ3) is 3.32. The molecule has 1 aliphatic carbocycles. The van der Waals surface area contributed by atoms with Gasteiger partial charge in [0.2, 0.25) is 5.95 Å². The predicted molar refractivity (Wildman–Crippen MR) is 92.4 cm³/mol. The first kappa shape index (κ1) is 18.3. The van der Waals surface area contributed by atoms with E-state index in [-0.39, 0.29) is 23.9 Å². The van der Waals surface area contributed by atoms with Gasteiger partial charge in [0.1, 0.15) is 5.82 Å². The summed E-state index contributed by atoms with van der Waals surface area (Å²) in [6, 6.07) is 1.20. The van der Waals surface area contributed by atoms with Gasteiger partial charge in [-0.2, -0.15) is 18.2 Å². The average molecular weight is 384 g/mol. The number of esters is 1. The Morgan fingerprint density at radius 3 is 2.52 bits per heavy atom. The molecule has 0 amide bonds. The minimum absolute atomic E-state index is 0.153. The summed E-state index contributed by atoms with van der Waals surface area (Å²) in [4.78, 5) is 23.5. The van der Waals surface area contributed by atoms with Gasteiger partial charge in [0.05, 0.1) is 7.11 Å². The van der Waals surface area contributed by atoms with E-state index in [1.54, 1.807) is 0 Å². The van der Waals surface area contributed by atoms with Crippen molar-refractivity contribution in [2.75, 3.05) is 36.5 Å². The van der Waals surface area contributed by atoms with E-state index in [2.05, 4.69) is 9.97 Å². The first-order valence-corrected chi connectivity index (χ1v) is 9.31. The van der Waals surface area contributed by atoms with Crippen LogP contribution in [0.5, 0.6) is 0 Å². The highest BCUT2D eigenvalue weighted by Crippen LogP contribution is 2.48. The highest BCUT2D eigenvalue weighted by molar-refractivity contribution is 5.69. The van der Waals surface area contributed by atoms with Gasteiger partial charge in [0.25, 0.3) is 0 Å². The third-order valence-electron chi connectivity index (χ3n) is 6.25. The van der Waals surface area contributed by atoms with Crippen LogP contribution in [0.4, 0.5) is 24.9 Å². The minimum Gasteiger partial charge on any atom is -0.469 e. The molecule has 3 aliphatic heterocycles. The molecule has 0 N–H and O–H groups in total. The van der Waals surface area contributed by atoms with Crippen molar-refractivity contribution in [1.82, 2.24) is 9.97 Å². The fraction of sp³-hybridized carbons (Fsp3) is 0.722. The second-order valence-corrected chi connectivity index (χ2v) is 7.85. The summed E-state index contributed by atoms with van der Waals surface area (Å²) in [7, 11) is 1.38. The van der Waals surface area contributed by atoms with Crippen molar-refractivity contribution in [3.63, 3.8) is 0 Å². The van der Waals surface area contributed by atoms with E-state index in [4.69, 9.17) is 4.74 Å². The molecule has 27 heavy (non-hydrogen) atoms. The summed E-state index contributed by atoms with van der Waals surface area (Å²) in [5.41, 5.74) is -0.896. The number of hydrogen-bond donors (Lipinski definition) is 0. The van der Waals surface area contributed by atoms with Gasteiger partial charge in [-0.05, 0) is 37.5 Å². The summed E-state index contributed by atoms with van der Waals surface area (Å²) in [5.74, 6) is 1.10. The summed E-state index contributed by atoms with van der Waals surface area (Å²) < 4.78 is 44.8. The molecule has 0 radical (unpaired) electrons. The van der Waals surface area contributed by atoms with Crippen LogP contribution in [0.3, 0.4) is 0 Å². The average Bonchev–Trinajstić information content (AvgIpc) is 2.63. The van der Waals surface area contributed by atoms with Gasteiger partial charge in [-0.25, -0.2) is 4.98 Å². The summed E-state index contributed by atoms with van der Waals surface area (Å²) in [6.07, 6.45) is -2.19. The SMILES string of the molecule is COC(=O)C[C@@H]1[C@@H]2C[C@H]1CN(c1cc(C(F)(F)F)nc(N3CC[C@@H]3C)n1)C2. The summed E-state index contributed by atoms with van der Waals surface area (Å²) in [6.45, 7) is 3.86. The topological polar surface area (TPSA) is 58.6 Å². The Morgan fingerprint density at radius 1 is 1.30 bits per heavy atom. The molecule has 4 heterocycles. The monoisotopic (exact) mass is 384 g/mol. The summed E-state index contributed by atoms with van der Waals surface area (Å²) in [5, 5.41) is 0. The number of alkyl halides is 3. The Balaban J connectivity index is 1.55. The molecule has 4 aliphatic rings. The van der Waals surface area contributed by atoms with Gasteiger partial charge in [0.15, 0.2) is 5.69 Å². The van der Waals surface area contributed by atoms with Crippen molar-refractivity contribution in [2.45, 2.75) is 38.4 Å². The van der Waals surface area contributed by atoms with E-state index in [1.165, 1.54) is 7.11 Å². The molecule has 1 aromatic rings. The van der Waals surface area contributed by atoms with Crippen molar-refractivity contribution in [2.24, 2.45) is 17.8 Å². The van der Waals surface area contributed by atoms with Gasteiger partial charge < -0.3 is 14.5 Å². The van der Waals surface area contributed by atoms with Crippen molar-refractivity contribution in [3.8, 4) is 0 Å². The lowest BCUT2D eigenvalue weighted by atomic mass is 9.60. The van der Waals surface area contributed by atoms with Gasteiger partial charge in [0, 0.05) is 38.2 Å². The molecule has 4 fully saturated rings. The summed E-state index contributed by atoms with van der Waals surface area (Å²) >= 11 is 0. The number of ether oxygens (including phenoxy) is 1. The van der Waals surface area contributed by atoms with Crippen LogP contribution in [0.2, 0.25) is 0 Å². The second kappa shape index (κ2) is 6.53. The Bertz CT molecular complexity index is 730. The molecule has 0 spiro atoms. The van der Waals surface area contributed by atoms with Gasteiger partial charge >= 0.3 is 12.1 Å². The maximum Gasteiger partial charge on any atom is 0.433 e. The molecular formula is C18H23F3N4O2. The predicted octanol–water partition coefficient (Wildman–Crippen LogP) is 2.73. The van der Waals surface area contributed by atoms with Crippen molar-refractivity contribution < 1.29 is 22.7 Å². The van der Waals surface area contributed by atoms with Crippen LogP contribution in [0, 0.1) is 17.8 Å². The van der Waals surface area contributed by atoms with Crippen molar-refractivity contribution in [1.29, 1.82) is 0 Å². The first-order valence-electron chi connectivity index (χ1n) is 9.31. The quantitative estimate of drug-likeness (QED) is 0.744. The van der Waals surface area contributed by atoms with E-state index in [1.807, 2.05) is 16.7 Å². The fourth-order valence-electron chi connectivity index (χ4n) is 4.46. The van der Waals surface area contributed by atoms with E-state index < -0.39 is 11.9 Å². The number of piperidine rings is 2. The van der Waals surface area contributed by atoms with Crippen LogP contribution in [-0.4, -0.2) is 48.7 Å². The van der Waals surface area contributed by atoms with Crippen LogP contribution < -0.4 is 9.80 Å². The molecule has 0 aromatic carbocycles. The van der Waals surface area contributed by atoms with Crippen LogP contribution in [0.25, 0.3) is 0 Å². The molecule has 9 heteroatoms. The van der Waals surface area contributed by atoms with Crippen molar-refractivity contribution >= 4 is 17.7 Å². The Hall–Kier alpha value is -2.06. The molecule has 6 nitrogen and oxygen atoms in total. The molecule has 0 unspecified atom stereocenters. The third-order valence-corrected chi connectivity index (χ3v) is 6.25. The largest absolute Gasteiger partial charge is 0.469 e. The molecule has 5 rings (SSSR count). The zero-order valence-electron chi connectivity index (χ0n) is 15.4. The lowest BCUT2D eigenvalue weighted by molar-refractivity contribution is -0.145. The molecule has 1 saturated carbocycles. The maximum absolute atomic E-state index is 13.3. The van der Waals surface area contributed by atoms with E-state index in [0.29, 0.717) is 43.7 Å². The number of carbonyl (C=O) groups excluding carboxylic acids is 1. The number of hydrogen-bond acceptors (Lipinski definition) is 6. The Kier molecular flexibility index (Phi) is 4.43. The lowest BCUT2D eigenvalue weighted by Gasteiger charge is -2.54. The van der Waals surface area contributed by atoms with E-state index >= 15 is 0 Å². The number of fused-ring (bicyclic) bond motifs is 2. The van der Waals surface area contributed by atoms with Gasteiger partial charge in [-0.1, -0.05) is 0 Å². The Labute approximate surface area is 155 Å². The Morgan fingerprint density at radius 2 is 2.00 bits per heavy atom. The smallest absolute Gasteiger partial charge is 0.433 e. The fourth-order valence-corrected chi connectivity index (χ4v) is 4.46. The van der Waals surface area contributed by atoms with Crippen LogP contribution in [-0.2, 0) is 15.7 Å². The number of rotatable bonds is 4. The van der Waals surface area contributed by atoms with Gasteiger partial charge in [-0.15, -0.1) is 0 Å². The van der Waals surface area contributed by atoms with Crippen molar-refractivity contribution in [3.05, 3.63) is 11.8 Å². The maximum atomic E-state index is 13.3. The molecular weight excluding hydrogens is 361 g/mol. The van der Waals surface area contributed by atoms with E-state index in [9.17, 15) is 18.0 Å². The van der Waals surface area contributed by atoms with Crippen LogP contribution in [0.1, 0.15) is 31.9 Å². The van der Waals surface area contributed by atoms with Gasteiger partial charge in [-0.3, -0.25) is 4.79 Å². The zero-order chi connectivity index (χ0) is 19.3. The number of anilines is 2. The molecule has 1 aromatic heterocycles. The standard InChI is InChI=1S/C18H23F3N4O2/c1-10-3-4-25(10)17-22-14(18(19,20)21)7-15(23-17)24-8-11-5-12(9-24)13(11)6-16(26)27-2/h7,10-13H,3-6,8-9H2,1-2H3/t10-,11-,12+,13-/m0/s1. The highest BCUT2D eigenvalue weighted by Gasteiger charge is 2.48. The molecule has 4 atom stereocenters. The molecule has 148 valence electrons. The first-order chi connectivity index (χ1) is 12.8.